The van der Waals surface area contributed by atoms with E-state index in [-0.39, 0.29) is 11.9 Å². The fourth-order valence-electron chi connectivity index (χ4n) is 3.01. The van der Waals surface area contributed by atoms with E-state index in [2.05, 4.69) is 10.3 Å². The lowest BCUT2D eigenvalue weighted by molar-refractivity contribution is -0.0232. The lowest BCUT2D eigenvalue weighted by Gasteiger charge is -2.31. The molecule has 0 spiro atoms. The minimum atomic E-state index is -0.934. The first kappa shape index (κ1) is 17.2. The molecule has 0 saturated carbocycles. The fraction of sp³-hybridized carbons (Fsp3) is 0.211. The summed E-state index contributed by atoms with van der Waals surface area (Å²) in [6, 6.07) is 13.6. The quantitative estimate of drug-likeness (QED) is 0.768. The van der Waals surface area contributed by atoms with Crippen LogP contribution in [0.3, 0.4) is 0 Å². The maximum absolute atomic E-state index is 13.0. The van der Waals surface area contributed by atoms with Gasteiger partial charge in [-0.1, -0.05) is 17.3 Å². The summed E-state index contributed by atoms with van der Waals surface area (Å²) in [4.78, 5) is 12.5. The summed E-state index contributed by atoms with van der Waals surface area (Å²) in [5.74, 6) is -0.298. The molecule has 0 aliphatic carbocycles. The second-order valence-electron chi connectivity index (χ2n) is 6.23. The Morgan fingerprint density at radius 2 is 1.89 bits per heavy atom. The van der Waals surface area contributed by atoms with E-state index in [0.29, 0.717) is 25.4 Å². The van der Waals surface area contributed by atoms with Crippen molar-refractivity contribution in [1.82, 2.24) is 19.9 Å². The number of nitrogens with zero attached hydrogens (tertiary/aromatic N) is 4. The molecule has 8 heteroatoms. The number of amides is 1. The normalized spacial score (nSPS) is 17.1. The predicted molar refractivity (Wildman–Crippen MR) is 95.0 cm³/mol. The third-order valence-corrected chi connectivity index (χ3v) is 4.50. The van der Waals surface area contributed by atoms with Crippen LogP contribution in [0, 0.1) is 5.82 Å². The number of morpholine rings is 1. The number of carboxylic acid groups (broad SMARTS) is 1. The zero-order valence-electron chi connectivity index (χ0n) is 14.3. The first-order chi connectivity index (χ1) is 13.1. The van der Waals surface area contributed by atoms with Crippen molar-refractivity contribution in [2.75, 3.05) is 19.7 Å². The van der Waals surface area contributed by atoms with E-state index in [9.17, 15) is 9.18 Å². The Balaban J connectivity index is 1.51. The van der Waals surface area contributed by atoms with Gasteiger partial charge in [-0.15, -0.1) is 5.10 Å². The van der Waals surface area contributed by atoms with E-state index < -0.39 is 6.09 Å². The highest BCUT2D eigenvalue weighted by Gasteiger charge is 2.25. The average molecular weight is 368 g/mol. The minimum Gasteiger partial charge on any atom is -0.465 e. The topological polar surface area (TPSA) is 80.5 Å². The van der Waals surface area contributed by atoms with Crippen molar-refractivity contribution in [2.45, 2.75) is 6.10 Å². The van der Waals surface area contributed by atoms with E-state index in [0.717, 1.165) is 16.8 Å². The highest BCUT2D eigenvalue weighted by molar-refractivity contribution is 5.65. The molecule has 0 bridgehead atoms. The Morgan fingerprint density at radius 1 is 1.15 bits per heavy atom. The summed E-state index contributed by atoms with van der Waals surface area (Å²) in [6.07, 6.45) is 0.552. The van der Waals surface area contributed by atoms with Crippen molar-refractivity contribution in [3.63, 3.8) is 0 Å². The Bertz CT molecular complexity index is 940. The molecule has 2 aromatic carbocycles. The highest BCUT2D eigenvalue weighted by atomic mass is 19.1. The summed E-state index contributed by atoms with van der Waals surface area (Å²) in [5, 5.41) is 17.4. The number of aromatic nitrogens is 3. The molecule has 1 atom stereocenters. The number of ether oxygens (including phenoxy) is 1. The molecule has 1 fully saturated rings. The van der Waals surface area contributed by atoms with Crippen LogP contribution in [0.4, 0.5) is 9.18 Å². The van der Waals surface area contributed by atoms with Gasteiger partial charge in [-0.2, -0.15) is 0 Å². The molecule has 1 aromatic heterocycles. The third-order valence-electron chi connectivity index (χ3n) is 4.50. The summed E-state index contributed by atoms with van der Waals surface area (Å²) in [5.41, 5.74) is 3.14. The first-order valence-corrected chi connectivity index (χ1v) is 8.48. The van der Waals surface area contributed by atoms with Crippen LogP contribution in [0.25, 0.3) is 16.9 Å². The molecule has 3 aromatic rings. The molecule has 1 saturated heterocycles. The number of halogens is 1. The van der Waals surface area contributed by atoms with E-state index in [1.54, 1.807) is 23.0 Å². The maximum Gasteiger partial charge on any atom is 0.407 e. The van der Waals surface area contributed by atoms with E-state index in [1.165, 1.54) is 17.0 Å². The molecular weight excluding hydrogens is 351 g/mol. The Morgan fingerprint density at radius 3 is 2.59 bits per heavy atom. The van der Waals surface area contributed by atoms with Gasteiger partial charge in [0.2, 0.25) is 0 Å². The molecular formula is C19H17FN4O3. The van der Waals surface area contributed by atoms with Crippen LogP contribution in [0.5, 0.6) is 0 Å². The van der Waals surface area contributed by atoms with Gasteiger partial charge in [0.25, 0.3) is 0 Å². The SMILES string of the molecule is O=C(O)N1CCOC(c2ccc(-n3cc(-c4ccc(F)cc4)nn3)cc2)C1. The second kappa shape index (κ2) is 7.16. The van der Waals surface area contributed by atoms with Crippen molar-refractivity contribution >= 4 is 6.09 Å². The van der Waals surface area contributed by atoms with Crippen LogP contribution in [0.1, 0.15) is 11.7 Å². The molecule has 4 rings (SSSR count). The van der Waals surface area contributed by atoms with Crippen LogP contribution in [0.15, 0.2) is 54.7 Å². The van der Waals surface area contributed by atoms with Gasteiger partial charge in [0.05, 0.1) is 25.0 Å². The number of carbonyl (C=O) groups is 1. The number of rotatable bonds is 3. The molecule has 1 aliphatic heterocycles. The largest absolute Gasteiger partial charge is 0.465 e. The molecule has 2 heterocycles. The monoisotopic (exact) mass is 368 g/mol. The van der Waals surface area contributed by atoms with Crippen molar-refractivity contribution in [3.05, 3.63) is 66.1 Å². The van der Waals surface area contributed by atoms with Crippen molar-refractivity contribution < 1.29 is 19.0 Å². The molecule has 27 heavy (non-hydrogen) atoms. The summed E-state index contributed by atoms with van der Waals surface area (Å²) >= 11 is 0. The Kier molecular flexibility index (Phi) is 4.55. The van der Waals surface area contributed by atoms with Gasteiger partial charge in [-0.05, 0) is 42.0 Å². The van der Waals surface area contributed by atoms with Gasteiger partial charge >= 0.3 is 6.09 Å². The van der Waals surface area contributed by atoms with Crippen LogP contribution in [-0.2, 0) is 4.74 Å². The summed E-state index contributed by atoms with van der Waals surface area (Å²) in [6.45, 7) is 1.07. The van der Waals surface area contributed by atoms with E-state index in [1.807, 2.05) is 24.3 Å². The number of hydrogen-bond acceptors (Lipinski definition) is 4. The van der Waals surface area contributed by atoms with Crippen LogP contribution < -0.4 is 0 Å². The van der Waals surface area contributed by atoms with Gasteiger partial charge in [0.15, 0.2) is 0 Å². The van der Waals surface area contributed by atoms with Crippen LogP contribution in [-0.4, -0.2) is 50.8 Å². The second-order valence-corrected chi connectivity index (χ2v) is 6.23. The Labute approximate surface area is 154 Å². The standard InChI is InChI=1S/C19H17FN4O3/c20-15-5-1-13(2-6-15)17-11-24(22-21-17)16-7-3-14(4-8-16)18-12-23(19(25)26)9-10-27-18/h1-8,11,18H,9-10,12H2,(H,25,26). The van der Waals surface area contributed by atoms with Gasteiger partial charge in [0, 0.05) is 12.1 Å². The van der Waals surface area contributed by atoms with E-state index in [4.69, 9.17) is 9.84 Å². The third kappa shape index (κ3) is 3.65. The maximum atomic E-state index is 13.0. The minimum absolute atomic E-state index is 0.283. The van der Waals surface area contributed by atoms with Gasteiger partial charge in [0.1, 0.15) is 17.6 Å². The summed E-state index contributed by atoms with van der Waals surface area (Å²) in [7, 11) is 0. The molecule has 1 unspecified atom stereocenters. The lowest BCUT2D eigenvalue weighted by atomic mass is 10.1. The van der Waals surface area contributed by atoms with Crippen molar-refractivity contribution in [3.8, 4) is 16.9 Å². The molecule has 1 amide bonds. The highest BCUT2D eigenvalue weighted by Crippen LogP contribution is 2.24. The van der Waals surface area contributed by atoms with Gasteiger partial charge < -0.3 is 14.7 Å². The lowest BCUT2D eigenvalue weighted by Crippen LogP contribution is -2.41. The number of hydrogen-bond donors (Lipinski definition) is 1. The first-order valence-electron chi connectivity index (χ1n) is 8.48. The number of benzene rings is 2. The van der Waals surface area contributed by atoms with Crippen LogP contribution in [0.2, 0.25) is 0 Å². The molecule has 0 radical (unpaired) electrons. The molecule has 138 valence electrons. The van der Waals surface area contributed by atoms with Gasteiger partial charge in [-0.3, -0.25) is 0 Å². The smallest absolute Gasteiger partial charge is 0.407 e. The molecule has 7 nitrogen and oxygen atoms in total. The molecule has 1 aliphatic rings. The van der Waals surface area contributed by atoms with E-state index >= 15 is 0 Å². The molecule has 1 N–H and O–H groups in total. The van der Waals surface area contributed by atoms with Crippen molar-refractivity contribution in [1.29, 1.82) is 0 Å². The van der Waals surface area contributed by atoms with Crippen molar-refractivity contribution in [2.24, 2.45) is 0 Å². The van der Waals surface area contributed by atoms with Gasteiger partial charge in [-0.25, -0.2) is 13.9 Å². The van der Waals surface area contributed by atoms with Crippen LogP contribution >= 0.6 is 0 Å². The zero-order chi connectivity index (χ0) is 18.8. The summed E-state index contributed by atoms with van der Waals surface area (Å²) < 4.78 is 20.4. The predicted octanol–water partition coefficient (Wildman–Crippen LogP) is 3.12. The zero-order valence-corrected chi connectivity index (χ0v) is 14.3. The Hall–Kier alpha value is -3.26. The fourth-order valence-corrected chi connectivity index (χ4v) is 3.01. The average Bonchev–Trinajstić information content (AvgIpc) is 3.19.